The van der Waals surface area contributed by atoms with Crippen molar-refractivity contribution in [3.8, 4) is 5.75 Å². The minimum atomic E-state index is -2.36. The Labute approximate surface area is 187 Å². The predicted molar refractivity (Wildman–Crippen MR) is 123 cm³/mol. The van der Waals surface area contributed by atoms with E-state index in [-0.39, 0.29) is 5.91 Å². The minimum absolute atomic E-state index is 0.306. The zero-order valence-electron chi connectivity index (χ0n) is 20.6. The molecule has 0 spiro atoms. The molecule has 1 aromatic rings. The van der Waals surface area contributed by atoms with Crippen molar-refractivity contribution in [2.75, 3.05) is 7.11 Å². The fraction of sp³-hybridized carbons (Fsp3) is 0.696. The largest absolute Gasteiger partial charge is 0.495 e. The van der Waals surface area contributed by atoms with E-state index in [1.165, 1.54) is 0 Å². The predicted octanol–water partition coefficient (Wildman–Crippen LogP) is 5.47. The van der Waals surface area contributed by atoms with Gasteiger partial charge in [-0.15, -0.1) is 0 Å². The van der Waals surface area contributed by atoms with Crippen molar-refractivity contribution in [3.05, 3.63) is 24.0 Å². The zero-order chi connectivity index (χ0) is 23.7. The van der Waals surface area contributed by atoms with Gasteiger partial charge in [0.25, 0.3) is 5.91 Å². The molecule has 0 bridgehead atoms. The van der Waals surface area contributed by atoms with Crippen LogP contribution in [0, 0.1) is 0 Å². The Morgan fingerprint density at radius 1 is 1.06 bits per heavy atom. The number of carbonyl (C=O) groups is 2. The van der Waals surface area contributed by atoms with Crippen LogP contribution in [-0.4, -0.2) is 49.0 Å². The van der Waals surface area contributed by atoms with E-state index < -0.39 is 32.2 Å². The molecule has 0 unspecified atom stereocenters. The maximum absolute atomic E-state index is 13.2. The first kappa shape index (κ1) is 25.3. The molecule has 0 aromatic carbocycles. The molecule has 0 aliphatic carbocycles. The number of rotatable bonds is 7. The van der Waals surface area contributed by atoms with Gasteiger partial charge in [-0.3, -0.25) is 9.78 Å². The standard InChI is InChI=1S/C23H38N2O5Si/c1-14(2)31(15(3)4,16(5)6)30-20-19(18-12-11-17(28-10)13-24-18)25(21(20)26)22(27)29-23(7,8)9/h11-16,19-20H,1-10H3/t19-,20+/m0/s1. The van der Waals surface area contributed by atoms with Crippen molar-refractivity contribution in [3.63, 3.8) is 0 Å². The molecule has 0 N–H and O–H groups in total. The first-order chi connectivity index (χ1) is 14.3. The fourth-order valence-electron chi connectivity index (χ4n) is 4.69. The van der Waals surface area contributed by atoms with E-state index in [9.17, 15) is 9.59 Å². The Morgan fingerprint density at radius 3 is 2.00 bits per heavy atom. The van der Waals surface area contributed by atoms with Crippen molar-refractivity contribution < 1.29 is 23.5 Å². The van der Waals surface area contributed by atoms with Gasteiger partial charge in [0.05, 0.1) is 19.0 Å². The third-order valence-electron chi connectivity index (χ3n) is 5.97. The van der Waals surface area contributed by atoms with Gasteiger partial charge in [0.2, 0.25) is 8.32 Å². The number of pyridine rings is 1. The first-order valence-corrected chi connectivity index (χ1v) is 13.1. The molecule has 31 heavy (non-hydrogen) atoms. The monoisotopic (exact) mass is 450 g/mol. The number of carbonyl (C=O) groups excluding carboxylic acids is 2. The molecule has 174 valence electrons. The molecule has 2 atom stereocenters. The van der Waals surface area contributed by atoms with E-state index in [4.69, 9.17) is 13.9 Å². The van der Waals surface area contributed by atoms with Crippen molar-refractivity contribution >= 4 is 20.3 Å². The number of amides is 2. The van der Waals surface area contributed by atoms with Crippen LogP contribution in [0.15, 0.2) is 18.3 Å². The summed E-state index contributed by atoms with van der Waals surface area (Å²) in [4.78, 5) is 31.7. The van der Waals surface area contributed by atoms with Crippen LogP contribution in [0.1, 0.15) is 74.0 Å². The first-order valence-electron chi connectivity index (χ1n) is 11.0. The van der Waals surface area contributed by atoms with Crippen LogP contribution in [0.4, 0.5) is 4.79 Å². The lowest BCUT2D eigenvalue weighted by atomic mass is 9.95. The molecule has 1 aliphatic rings. The minimum Gasteiger partial charge on any atom is -0.495 e. The summed E-state index contributed by atoms with van der Waals surface area (Å²) in [6, 6.07) is 2.91. The SMILES string of the molecule is COc1ccc([C@H]2[C@@H](O[Si](C(C)C)(C(C)C)C(C)C)C(=O)N2C(=O)OC(C)(C)C)nc1. The highest BCUT2D eigenvalue weighted by Crippen LogP contribution is 2.47. The van der Waals surface area contributed by atoms with Crippen LogP contribution < -0.4 is 4.74 Å². The fourth-order valence-corrected chi connectivity index (χ4v) is 10.2. The van der Waals surface area contributed by atoms with Crippen LogP contribution in [0.5, 0.6) is 5.75 Å². The van der Waals surface area contributed by atoms with Gasteiger partial charge in [-0.2, -0.15) is 0 Å². The van der Waals surface area contributed by atoms with E-state index in [0.29, 0.717) is 28.1 Å². The lowest BCUT2D eigenvalue weighted by Crippen LogP contribution is -2.66. The summed E-state index contributed by atoms with van der Waals surface area (Å²) in [7, 11) is -0.792. The molecule has 1 aliphatic heterocycles. The van der Waals surface area contributed by atoms with E-state index in [0.717, 1.165) is 4.90 Å². The molecule has 8 heteroatoms. The van der Waals surface area contributed by atoms with Gasteiger partial charge in [0, 0.05) is 0 Å². The number of hydrogen-bond acceptors (Lipinski definition) is 6. The number of ether oxygens (including phenoxy) is 2. The zero-order valence-corrected chi connectivity index (χ0v) is 21.6. The van der Waals surface area contributed by atoms with E-state index in [1.54, 1.807) is 46.2 Å². The van der Waals surface area contributed by atoms with Crippen molar-refractivity contribution in [2.45, 2.75) is 96.7 Å². The van der Waals surface area contributed by atoms with Crippen molar-refractivity contribution in [1.82, 2.24) is 9.88 Å². The van der Waals surface area contributed by atoms with Crippen LogP contribution in [0.2, 0.25) is 16.6 Å². The number of likely N-dealkylation sites (tertiary alicyclic amines) is 1. The molecule has 1 saturated heterocycles. The smallest absolute Gasteiger partial charge is 0.417 e. The average molecular weight is 451 g/mol. The summed E-state index contributed by atoms with van der Waals surface area (Å²) in [6.07, 6.45) is 0.152. The van der Waals surface area contributed by atoms with Gasteiger partial charge in [0.15, 0.2) is 6.10 Å². The molecule has 2 amide bonds. The summed E-state index contributed by atoms with van der Waals surface area (Å²) < 4.78 is 17.5. The third-order valence-corrected chi connectivity index (χ3v) is 12.0. The Morgan fingerprint density at radius 2 is 1.61 bits per heavy atom. The second-order valence-corrected chi connectivity index (χ2v) is 15.5. The van der Waals surface area contributed by atoms with Gasteiger partial charge in [-0.1, -0.05) is 41.5 Å². The molecule has 7 nitrogen and oxygen atoms in total. The van der Waals surface area contributed by atoms with Crippen LogP contribution in [0.3, 0.4) is 0 Å². The summed E-state index contributed by atoms with van der Waals surface area (Å²) in [5, 5.41) is 0. The highest BCUT2D eigenvalue weighted by molar-refractivity contribution is 6.77. The highest BCUT2D eigenvalue weighted by atomic mass is 28.4. The molecular formula is C23H38N2O5Si. The molecule has 1 aromatic heterocycles. The summed E-state index contributed by atoms with van der Waals surface area (Å²) in [6.45, 7) is 18.3. The molecular weight excluding hydrogens is 412 g/mol. The number of β-lactam (4-membered cyclic amide) rings is 1. The average Bonchev–Trinajstić information content (AvgIpc) is 2.64. The number of imide groups is 1. The van der Waals surface area contributed by atoms with Gasteiger partial charge in [-0.25, -0.2) is 9.69 Å². The third kappa shape index (κ3) is 4.95. The Hall–Kier alpha value is -1.93. The summed E-state index contributed by atoms with van der Waals surface area (Å²) in [5.41, 5.74) is 0.782. The molecule has 2 rings (SSSR count). The number of methoxy groups -OCH3 is 1. The van der Waals surface area contributed by atoms with Crippen molar-refractivity contribution in [1.29, 1.82) is 0 Å². The topological polar surface area (TPSA) is 78.0 Å². The molecule has 2 heterocycles. The lowest BCUT2D eigenvalue weighted by molar-refractivity contribution is -0.163. The Kier molecular flexibility index (Phi) is 7.58. The number of nitrogens with zero attached hydrogens (tertiary/aromatic N) is 2. The maximum Gasteiger partial charge on any atom is 0.417 e. The van der Waals surface area contributed by atoms with E-state index >= 15 is 0 Å². The summed E-state index contributed by atoms with van der Waals surface area (Å²) >= 11 is 0. The van der Waals surface area contributed by atoms with Crippen LogP contribution in [0.25, 0.3) is 0 Å². The van der Waals surface area contributed by atoms with Gasteiger partial charge < -0.3 is 13.9 Å². The quantitative estimate of drug-likeness (QED) is 0.405. The Balaban J connectivity index is 2.47. The summed E-state index contributed by atoms with van der Waals surface area (Å²) in [5.74, 6) is 0.238. The van der Waals surface area contributed by atoms with Crippen molar-refractivity contribution in [2.24, 2.45) is 0 Å². The normalized spacial score (nSPS) is 19.8. The second-order valence-electron chi connectivity index (χ2n) is 10.1. The number of aromatic nitrogens is 1. The van der Waals surface area contributed by atoms with Crippen LogP contribution >= 0.6 is 0 Å². The molecule has 1 fully saturated rings. The maximum atomic E-state index is 13.2. The van der Waals surface area contributed by atoms with E-state index in [1.807, 2.05) is 0 Å². The molecule has 0 radical (unpaired) electrons. The second kappa shape index (κ2) is 9.28. The van der Waals surface area contributed by atoms with Crippen LogP contribution in [-0.2, 0) is 14.0 Å². The molecule has 0 saturated carbocycles. The van der Waals surface area contributed by atoms with Gasteiger partial charge in [-0.05, 0) is 49.5 Å². The highest BCUT2D eigenvalue weighted by Gasteiger charge is 2.59. The Bertz CT molecular complexity index is 764. The van der Waals surface area contributed by atoms with Gasteiger partial charge in [0.1, 0.15) is 17.4 Å². The van der Waals surface area contributed by atoms with Gasteiger partial charge >= 0.3 is 6.09 Å². The number of hydrogen-bond donors (Lipinski definition) is 0. The van der Waals surface area contributed by atoms with E-state index in [2.05, 4.69) is 46.5 Å². The lowest BCUT2D eigenvalue weighted by Gasteiger charge is -2.51.